The van der Waals surface area contributed by atoms with Crippen molar-refractivity contribution in [2.24, 2.45) is 7.05 Å². The van der Waals surface area contributed by atoms with Gasteiger partial charge in [-0.2, -0.15) is 35.2 Å². The fourth-order valence-electron chi connectivity index (χ4n) is 10.1. The maximum atomic E-state index is 6.03. The maximum absolute atomic E-state index is 6.03. The lowest BCUT2D eigenvalue weighted by molar-refractivity contribution is 0.622. The second kappa shape index (κ2) is 22.8. The number of rotatable bonds is 12. The van der Waals surface area contributed by atoms with Gasteiger partial charge in [0.2, 0.25) is 23.8 Å². The molecule has 0 radical (unpaired) electrons. The van der Waals surface area contributed by atoms with E-state index in [0.29, 0.717) is 51.7 Å². The highest BCUT2D eigenvalue weighted by atomic mass is 35.5. The third-order valence-corrected chi connectivity index (χ3v) is 18.3. The summed E-state index contributed by atoms with van der Waals surface area (Å²) in [5.41, 5.74) is 13.8. The Bertz CT molecular complexity index is 5470. The highest BCUT2D eigenvalue weighted by Crippen LogP contribution is 2.36. The second-order valence-electron chi connectivity index (χ2n) is 20.5. The minimum atomic E-state index is 0.299. The molecule has 9 N–H and O–H groups in total. The molecule has 6 aromatic carbocycles. The van der Waals surface area contributed by atoms with Crippen molar-refractivity contribution < 1.29 is 4.42 Å². The van der Waals surface area contributed by atoms with E-state index in [0.717, 1.165) is 118 Å². The average Bonchev–Trinajstić information content (AvgIpc) is 2.23. The summed E-state index contributed by atoms with van der Waals surface area (Å²) in [6, 6.07) is 43.8. The molecular weight excluding hydrogens is 1230 g/mol. The number of hydrogen-bond donors (Lipinski definition) is 9. The first-order valence-corrected chi connectivity index (χ1v) is 31.5. The number of imidazole rings is 1. The Labute approximate surface area is 527 Å². The van der Waals surface area contributed by atoms with E-state index in [-0.39, 0.29) is 0 Å². The number of thiophene rings is 3. The number of aromatic nitrogens is 16. The Morgan fingerprint density at radius 2 is 0.989 bits per heavy atom. The summed E-state index contributed by atoms with van der Waals surface area (Å²) < 4.78 is 11.8. The molecule has 90 heavy (non-hydrogen) atoms. The molecule has 12 heterocycles. The van der Waals surface area contributed by atoms with Crippen LogP contribution in [0.5, 0.6) is 0 Å². The summed E-state index contributed by atoms with van der Waals surface area (Å²) in [7, 11) is 1.97. The van der Waals surface area contributed by atoms with Crippen molar-refractivity contribution >= 4 is 222 Å². The summed E-state index contributed by atoms with van der Waals surface area (Å²) >= 11 is 12.4. The molecular formula is C62H43ClN22OS4. The number of thiazole rings is 1. The zero-order valence-corrected chi connectivity index (χ0v) is 50.9. The van der Waals surface area contributed by atoms with Crippen LogP contribution in [-0.4, -0.2) is 80.0 Å². The number of hydrogen-bond acceptors (Lipinski definition) is 23. The number of anilines is 12. The fourth-order valence-corrected chi connectivity index (χ4v) is 13.5. The molecule has 18 rings (SSSR count). The van der Waals surface area contributed by atoms with Crippen LogP contribution in [0.4, 0.5) is 69.5 Å². The lowest BCUT2D eigenvalue weighted by Gasteiger charge is -2.10. The van der Waals surface area contributed by atoms with Crippen LogP contribution in [-0.2, 0) is 7.05 Å². The number of fused-ring (bicyclic) bond motifs is 9. The Kier molecular flexibility index (Phi) is 13.7. The van der Waals surface area contributed by atoms with E-state index in [1.165, 1.54) is 5.56 Å². The molecule has 0 aliphatic rings. The Balaban J connectivity index is 0.000000108. The van der Waals surface area contributed by atoms with Crippen molar-refractivity contribution in [2.75, 3.05) is 31.9 Å². The molecule has 0 bridgehead atoms. The van der Waals surface area contributed by atoms with E-state index in [1.807, 2.05) is 137 Å². The van der Waals surface area contributed by atoms with Crippen molar-refractivity contribution in [3.8, 4) is 0 Å². The molecule has 18 aromatic rings. The Morgan fingerprint density at radius 3 is 1.54 bits per heavy atom. The van der Waals surface area contributed by atoms with Gasteiger partial charge in [0.05, 0.1) is 87.0 Å². The first-order chi connectivity index (χ1) is 44.2. The van der Waals surface area contributed by atoms with Gasteiger partial charge in [-0.25, -0.2) is 24.9 Å². The lowest BCUT2D eigenvalue weighted by Crippen LogP contribution is -2.04. The molecule has 12 aromatic heterocycles. The molecule has 0 amide bonds. The van der Waals surface area contributed by atoms with E-state index in [9.17, 15) is 0 Å². The smallest absolute Gasteiger partial charge is 0.302 e. The zero-order valence-electron chi connectivity index (χ0n) is 46.9. The molecule has 0 saturated carbocycles. The SMILES string of the molecule is Cc1ccc2nc(Nc3nc(Nc4ccc5[nH]ncc5c4)c4sccc4n3)sc2c1.Clc1ccc2oc(Nc3nc(Nc4ccc5[nH]ncc5c4)c4sccc4n3)nc2c1.Cn1c(Nc2nc(Nc3ccc4[nH]ncc4c3)c3sccc3n2)nc2ccccc21. The number of para-hydroxylation sites is 2. The molecule has 28 heteroatoms. The number of benzene rings is 6. The van der Waals surface area contributed by atoms with Crippen LogP contribution >= 0.6 is 56.9 Å². The molecule has 23 nitrogen and oxygen atoms in total. The summed E-state index contributed by atoms with van der Waals surface area (Å²) in [5.74, 6) is 4.28. The number of oxazole rings is 1. The van der Waals surface area contributed by atoms with Crippen molar-refractivity contribution in [3.63, 3.8) is 0 Å². The number of nitrogens with zero attached hydrogens (tertiary/aromatic N) is 13. The zero-order chi connectivity index (χ0) is 60.2. The van der Waals surface area contributed by atoms with Gasteiger partial charge in [-0.3, -0.25) is 31.2 Å². The van der Waals surface area contributed by atoms with Crippen LogP contribution < -0.4 is 31.9 Å². The summed E-state index contributed by atoms with van der Waals surface area (Å²) in [5, 5.41) is 51.5. The lowest BCUT2D eigenvalue weighted by atomic mass is 10.2. The van der Waals surface area contributed by atoms with Gasteiger partial charge in [-0.05, 0) is 144 Å². The number of halogens is 1. The van der Waals surface area contributed by atoms with Gasteiger partial charge in [0.15, 0.2) is 28.2 Å². The highest BCUT2D eigenvalue weighted by Gasteiger charge is 2.18. The molecule has 0 spiro atoms. The van der Waals surface area contributed by atoms with Crippen LogP contribution in [0.25, 0.3) is 95.7 Å². The normalized spacial score (nSPS) is 11.5. The van der Waals surface area contributed by atoms with Gasteiger partial charge in [0, 0.05) is 45.3 Å². The molecule has 0 unspecified atom stereocenters. The summed E-state index contributed by atoms with van der Waals surface area (Å²) in [6.07, 6.45) is 5.40. The van der Waals surface area contributed by atoms with Gasteiger partial charge in [0.1, 0.15) is 5.52 Å². The largest absolute Gasteiger partial charge is 0.423 e. The number of H-pyrrole nitrogens is 3. The number of aryl methyl sites for hydroxylation is 2. The van der Waals surface area contributed by atoms with E-state index in [1.54, 1.807) is 75.9 Å². The maximum Gasteiger partial charge on any atom is 0.302 e. The molecule has 438 valence electrons. The minimum Gasteiger partial charge on any atom is -0.423 e. The van der Waals surface area contributed by atoms with Crippen LogP contribution in [0.15, 0.2) is 173 Å². The average molecular weight is 1280 g/mol. The summed E-state index contributed by atoms with van der Waals surface area (Å²) in [4.78, 5) is 41.8. The van der Waals surface area contributed by atoms with Gasteiger partial charge in [0.25, 0.3) is 0 Å². The van der Waals surface area contributed by atoms with Crippen molar-refractivity contribution in [1.29, 1.82) is 0 Å². The van der Waals surface area contributed by atoms with Gasteiger partial charge in [-0.15, -0.1) is 34.0 Å². The Morgan fingerprint density at radius 1 is 0.456 bits per heavy atom. The van der Waals surface area contributed by atoms with Crippen LogP contribution in [0.3, 0.4) is 0 Å². The third kappa shape index (κ3) is 10.9. The molecule has 0 fully saturated rings. The van der Waals surface area contributed by atoms with Gasteiger partial charge in [-0.1, -0.05) is 41.1 Å². The molecule has 0 saturated heterocycles. The number of aromatic amines is 3. The van der Waals surface area contributed by atoms with E-state index in [4.69, 9.17) is 26.0 Å². The standard InChI is InChI=1S/C21H16N8S.C21H15N7S2.C20H12ClN7OS/c1-29-17-5-3-2-4-15(17)25-21(29)27-20-24-16-8-9-30-18(16)19(26-20)23-13-6-7-14-12(10-13)11-22-28-14;1-11-2-4-15-17(8-11)30-21(25-15)27-20-24-16-6-7-29-18(16)19(26-20)23-13-3-5-14-12(9-13)10-22-28-14;21-11-1-4-16-15(8-11)25-20(29-16)27-19-24-14-5-6-30-17(14)18(26-19)23-12-2-3-13-10(7-12)9-22-28-13/h2-11H,1H3,(H,22,28)(H2,23,24,25,26,27);2-10H,1H3,(H,22,28)(H2,23,24,25,26,27);1-9H,(H,22,28)(H2,23,24,25,26,27). The first kappa shape index (κ1) is 54.2. The van der Waals surface area contributed by atoms with Gasteiger partial charge < -0.3 is 24.9 Å². The first-order valence-electron chi connectivity index (χ1n) is 27.7. The Hall–Kier alpha value is -11.2. The molecule has 0 atom stereocenters. The monoisotopic (exact) mass is 1270 g/mol. The van der Waals surface area contributed by atoms with Crippen molar-refractivity contribution in [1.82, 2.24) is 80.0 Å². The van der Waals surface area contributed by atoms with Crippen LogP contribution in [0.1, 0.15) is 5.56 Å². The van der Waals surface area contributed by atoms with Crippen molar-refractivity contribution in [2.45, 2.75) is 6.92 Å². The van der Waals surface area contributed by atoms with Crippen molar-refractivity contribution in [3.05, 3.63) is 179 Å². The predicted octanol–water partition coefficient (Wildman–Crippen LogP) is 16.8. The predicted molar refractivity (Wildman–Crippen MR) is 364 cm³/mol. The number of nitrogens with one attached hydrogen (secondary N) is 9. The minimum absolute atomic E-state index is 0.299. The second-order valence-corrected chi connectivity index (χ2v) is 24.7. The topological polar surface area (TPSA) is 292 Å². The quantitative estimate of drug-likeness (QED) is 0.0549. The van der Waals surface area contributed by atoms with E-state index < -0.39 is 0 Å². The van der Waals surface area contributed by atoms with E-state index >= 15 is 0 Å². The van der Waals surface area contributed by atoms with E-state index in [2.05, 4.69) is 116 Å². The van der Waals surface area contributed by atoms with Gasteiger partial charge >= 0.3 is 6.01 Å². The molecule has 0 aliphatic heterocycles. The van der Waals surface area contributed by atoms with Crippen LogP contribution in [0.2, 0.25) is 5.02 Å². The van der Waals surface area contributed by atoms with Crippen LogP contribution in [0, 0.1) is 6.92 Å². The highest BCUT2D eigenvalue weighted by molar-refractivity contribution is 7.22. The fraction of sp³-hybridized carbons (Fsp3) is 0.0323. The molecule has 0 aliphatic carbocycles. The summed E-state index contributed by atoms with van der Waals surface area (Å²) in [6.45, 7) is 2.08. The third-order valence-electron chi connectivity index (χ3n) is 14.4.